The average Bonchev–Trinajstić information content (AvgIpc) is 2.47. The Kier molecular flexibility index (Phi) is 4.98. The number of aryl methyl sites for hydroxylation is 1. The minimum absolute atomic E-state index is 0.101. The zero-order valence-corrected chi connectivity index (χ0v) is 13.5. The maximum atomic E-state index is 12.0. The number of benzene rings is 2. The van der Waals surface area contributed by atoms with Crippen LogP contribution in [0.4, 0.5) is 0 Å². The largest absolute Gasteiger partial charge is 0.352 e. The van der Waals surface area contributed by atoms with Gasteiger partial charge in [-0.25, -0.2) is 8.42 Å². The Morgan fingerprint density at radius 1 is 1.09 bits per heavy atom. The van der Waals surface area contributed by atoms with Crippen molar-refractivity contribution >= 4 is 15.7 Å². The summed E-state index contributed by atoms with van der Waals surface area (Å²) < 4.78 is 22.7. The molecule has 0 saturated carbocycles. The van der Waals surface area contributed by atoms with Gasteiger partial charge in [-0.15, -0.1) is 0 Å². The summed E-state index contributed by atoms with van der Waals surface area (Å²) in [6.45, 7) is 2.45. The molecule has 0 spiro atoms. The van der Waals surface area contributed by atoms with Gasteiger partial charge in [0.15, 0.2) is 9.84 Å². The van der Waals surface area contributed by atoms with Gasteiger partial charge in [0.25, 0.3) is 5.91 Å². The summed E-state index contributed by atoms with van der Waals surface area (Å²) in [4.78, 5) is 12.3. The van der Waals surface area contributed by atoms with Crippen LogP contribution in [0, 0.1) is 6.92 Å². The number of sulfone groups is 1. The van der Waals surface area contributed by atoms with Gasteiger partial charge in [-0.1, -0.05) is 29.8 Å². The molecule has 0 aliphatic carbocycles. The van der Waals surface area contributed by atoms with Crippen LogP contribution in [-0.2, 0) is 16.3 Å². The first kappa shape index (κ1) is 16.2. The molecule has 4 nitrogen and oxygen atoms in total. The Bertz CT molecular complexity index is 765. The monoisotopic (exact) mass is 317 g/mol. The summed E-state index contributed by atoms with van der Waals surface area (Å²) in [5.74, 6) is -0.101. The SMILES string of the molecule is Cc1cccc(C(=O)NCCc2ccc(S(C)(=O)=O)cc2)c1. The number of carbonyl (C=O) groups is 1. The van der Waals surface area contributed by atoms with Gasteiger partial charge < -0.3 is 5.32 Å². The van der Waals surface area contributed by atoms with E-state index >= 15 is 0 Å². The van der Waals surface area contributed by atoms with Crippen LogP contribution in [0.1, 0.15) is 21.5 Å². The highest BCUT2D eigenvalue weighted by Crippen LogP contribution is 2.10. The summed E-state index contributed by atoms with van der Waals surface area (Å²) in [6, 6.07) is 14.2. The molecule has 0 fully saturated rings. The van der Waals surface area contributed by atoms with E-state index < -0.39 is 9.84 Å². The van der Waals surface area contributed by atoms with Gasteiger partial charge in [0.05, 0.1) is 4.90 Å². The number of nitrogens with one attached hydrogen (secondary N) is 1. The number of carbonyl (C=O) groups excluding carboxylic acids is 1. The van der Waals surface area contributed by atoms with Crippen LogP contribution in [0.3, 0.4) is 0 Å². The zero-order valence-electron chi connectivity index (χ0n) is 12.7. The molecule has 5 heteroatoms. The third-order valence-corrected chi connectivity index (χ3v) is 4.46. The lowest BCUT2D eigenvalue weighted by Crippen LogP contribution is -2.25. The molecular formula is C17H19NO3S. The van der Waals surface area contributed by atoms with E-state index in [1.165, 1.54) is 6.26 Å². The van der Waals surface area contributed by atoms with Crippen LogP contribution in [0.15, 0.2) is 53.4 Å². The third kappa shape index (κ3) is 4.43. The van der Waals surface area contributed by atoms with Crippen LogP contribution in [-0.4, -0.2) is 27.1 Å². The van der Waals surface area contributed by atoms with E-state index in [1.807, 2.05) is 25.1 Å². The van der Waals surface area contributed by atoms with Crippen molar-refractivity contribution in [1.29, 1.82) is 0 Å². The van der Waals surface area contributed by atoms with Gasteiger partial charge in [0.1, 0.15) is 0 Å². The van der Waals surface area contributed by atoms with E-state index in [-0.39, 0.29) is 5.91 Å². The molecule has 0 radical (unpaired) electrons. The van der Waals surface area contributed by atoms with Crippen molar-refractivity contribution < 1.29 is 13.2 Å². The lowest BCUT2D eigenvalue weighted by Gasteiger charge is -2.06. The summed E-state index contributed by atoms with van der Waals surface area (Å²) in [7, 11) is -3.16. The molecule has 2 aromatic rings. The Balaban J connectivity index is 1.90. The van der Waals surface area contributed by atoms with E-state index in [0.29, 0.717) is 23.4 Å². The van der Waals surface area contributed by atoms with Gasteiger partial charge in [0.2, 0.25) is 0 Å². The van der Waals surface area contributed by atoms with Gasteiger partial charge in [-0.3, -0.25) is 4.79 Å². The molecule has 0 aliphatic heterocycles. The quantitative estimate of drug-likeness (QED) is 0.921. The van der Waals surface area contributed by atoms with Gasteiger partial charge >= 0.3 is 0 Å². The fourth-order valence-electron chi connectivity index (χ4n) is 2.11. The van der Waals surface area contributed by atoms with Gasteiger partial charge in [-0.05, 0) is 43.2 Å². The standard InChI is InChI=1S/C17H19NO3S/c1-13-4-3-5-15(12-13)17(19)18-11-10-14-6-8-16(9-7-14)22(2,20)21/h3-9,12H,10-11H2,1-2H3,(H,18,19). The second kappa shape index (κ2) is 6.75. The van der Waals surface area contributed by atoms with E-state index in [0.717, 1.165) is 11.1 Å². The van der Waals surface area contributed by atoms with Crippen molar-refractivity contribution in [3.05, 3.63) is 65.2 Å². The predicted octanol–water partition coefficient (Wildman–Crippen LogP) is 2.37. The maximum Gasteiger partial charge on any atom is 0.251 e. The lowest BCUT2D eigenvalue weighted by molar-refractivity contribution is 0.0954. The Morgan fingerprint density at radius 3 is 2.36 bits per heavy atom. The van der Waals surface area contributed by atoms with Crippen LogP contribution >= 0.6 is 0 Å². The van der Waals surface area contributed by atoms with Crippen LogP contribution in [0.25, 0.3) is 0 Å². The second-order valence-corrected chi connectivity index (χ2v) is 7.31. The highest BCUT2D eigenvalue weighted by Gasteiger charge is 2.07. The molecule has 2 rings (SSSR count). The summed E-state index contributed by atoms with van der Waals surface area (Å²) in [5.41, 5.74) is 2.67. The summed E-state index contributed by atoms with van der Waals surface area (Å²) in [5, 5.41) is 2.86. The minimum atomic E-state index is -3.16. The van der Waals surface area contributed by atoms with Gasteiger partial charge in [0, 0.05) is 18.4 Å². The van der Waals surface area contributed by atoms with E-state index in [2.05, 4.69) is 5.32 Å². The van der Waals surface area contributed by atoms with Crippen molar-refractivity contribution in [2.75, 3.05) is 12.8 Å². The van der Waals surface area contributed by atoms with E-state index in [1.54, 1.807) is 30.3 Å². The molecule has 0 saturated heterocycles. The molecule has 0 heterocycles. The summed E-state index contributed by atoms with van der Waals surface area (Å²) >= 11 is 0. The molecule has 0 unspecified atom stereocenters. The van der Waals surface area contributed by atoms with Crippen molar-refractivity contribution in [1.82, 2.24) is 5.32 Å². The molecule has 0 aromatic heterocycles. The number of rotatable bonds is 5. The minimum Gasteiger partial charge on any atom is -0.352 e. The fourth-order valence-corrected chi connectivity index (χ4v) is 2.74. The summed E-state index contributed by atoms with van der Waals surface area (Å²) in [6.07, 6.45) is 1.84. The second-order valence-electron chi connectivity index (χ2n) is 5.29. The average molecular weight is 317 g/mol. The van der Waals surface area contributed by atoms with E-state index in [4.69, 9.17) is 0 Å². The van der Waals surface area contributed by atoms with Crippen molar-refractivity contribution in [2.45, 2.75) is 18.2 Å². The lowest BCUT2D eigenvalue weighted by atomic mass is 10.1. The molecule has 1 amide bonds. The van der Waals surface area contributed by atoms with Crippen LogP contribution < -0.4 is 5.32 Å². The van der Waals surface area contributed by atoms with Crippen LogP contribution in [0.2, 0.25) is 0 Å². The van der Waals surface area contributed by atoms with Gasteiger partial charge in [-0.2, -0.15) is 0 Å². The first-order valence-corrected chi connectivity index (χ1v) is 8.89. The van der Waals surface area contributed by atoms with E-state index in [9.17, 15) is 13.2 Å². The Morgan fingerprint density at radius 2 is 1.77 bits per heavy atom. The van der Waals surface area contributed by atoms with Crippen molar-refractivity contribution in [3.63, 3.8) is 0 Å². The molecule has 0 atom stereocenters. The molecule has 0 aliphatic rings. The Labute approximate surface area is 131 Å². The number of hydrogen-bond donors (Lipinski definition) is 1. The third-order valence-electron chi connectivity index (χ3n) is 3.33. The molecule has 0 bridgehead atoms. The number of amides is 1. The smallest absolute Gasteiger partial charge is 0.251 e. The molecular weight excluding hydrogens is 298 g/mol. The van der Waals surface area contributed by atoms with Crippen molar-refractivity contribution in [3.8, 4) is 0 Å². The molecule has 2 aromatic carbocycles. The van der Waals surface area contributed by atoms with Crippen molar-refractivity contribution in [2.24, 2.45) is 0 Å². The normalized spacial score (nSPS) is 11.2. The zero-order chi connectivity index (χ0) is 16.2. The predicted molar refractivity (Wildman–Crippen MR) is 86.8 cm³/mol. The highest BCUT2D eigenvalue weighted by molar-refractivity contribution is 7.90. The molecule has 1 N–H and O–H groups in total. The fraction of sp³-hybridized carbons (Fsp3) is 0.235. The number of hydrogen-bond acceptors (Lipinski definition) is 3. The molecule has 22 heavy (non-hydrogen) atoms. The molecule has 116 valence electrons. The first-order valence-electron chi connectivity index (χ1n) is 7.00. The Hall–Kier alpha value is -2.14. The topological polar surface area (TPSA) is 63.2 Å². The highest BCUT2D eigenvalue weighted by atomic mass is 32.2. The van der Waals surface area contributed by atoms with Crippen LogP contribution in [0.5, 0.6) is 0 Å². The first-order chi connectivity index (χ1) is 10.4. The maximum absolute atomic E-state index is 12.0.